The number of carbonyl (C=O) groups is 2. The van der Waals surface area contributed by atoms with Crippen LogP contribution in [0.25, 0.3) is 0 Å². The van der Waals surface area contributed by atoms with Crippen LogP contribution in [-0.2, 0) is 9.59 Å². The van der Waals surface area contributed by atoms with Gasteiger partial charge in [-0.3, -0.25) is 9.59 Å². The molecule has 1 amide bonds. The first-order valence-electron chi connectivity index (χ1n) is 9.00. The van der Waals surface area contributed by atoms with E-state index in [-0.39, 0.29) is 24.2 Å². The Morgan fingerprint density at radius 1 is 1.17 bits per heavy atom. The van der Waals surface area contributed by atoms with E-state index in [0.29, 0.717) is 31.3 Å². The Hall–Kier alpha value is -1.10. The molecule has 0 saturated heterocycles. The fourth-order valence-electron chi connectivity index (χ4n) is 2.75. The van der Waals surface area contributed by atoms with Crippen molar-refractivity contribution in [1.29, 1.82) is 0 Å². The second kappa shape index (κ2) is 12.3. The first-order chi connectivity index (χ1) is 10.8. The fourth-order valence-corrected chi connectivity index (χ4v) is 2.75. The summed E-state index contributed by atoms with van der Waals surface area (Å²) in [6.45, 7) is 9.50. The predicted molar refractivity (Wildman–Crippen MR) is 94.1 cm³/mol. The predicted octanol–water partition coefficient (Wildman–Crippen LogP) is 3.03. The van der Waals surface area contributed by atoms with Gasteiger partial charge in [-0.2, -0.15) is 0 Å². The zero-order valence-electron chi connectivity index (χ0n) is 15.3. The first kappa shape index (κ1) is 21.9. The molecule has 0 radical (unpaired) electrons. The van der Waals surface area contributed by atoms with Gasteiger partial charge in [0.15, 0.2) is 0 Å². The molecule has 0 bridgehead atoms. The number of carboxylic acids is 1. The van der Waals surface area contributed by atoms with Gasteiger partial charge in [0, 0.05) is 13.0 Å². The average Bonchev–Trinajstić information content (AvgIpc) is 2.52. The molecule has 5 heteroatoms. The molecule has 0 fully saturated rings. The monoisotopic (exact) mass is 328 g/mol. The van der Waals surface area contributed by atoms with Crippen LogP contribution in [0, 0.1) is 23.7 Å². The second-order valence-corrected chi connectivity index (χ2v) is 7.02. The number of rotatable bonds is 13. The molecule has 0 rings (SSSR count). The van der Waals surface area contributed by atoms with Crippen molar-refractivity contribution in [1.82, 2.24) is 5.32 Å². The fraction of sp³-hybridized carbons (Fsp3) is 0.889. The lowest BCUT2D eigenvalue weighted by Gasteiger charge is -2.28. The Kier molecular flexibility index (Phi) is 11.7. The molecule has 4 unspecified atom stereocenters. The number of hydrogen-bond donors (Lipinski definition) is 3. The Balaban J connectivity index is 4.43. The topological polar surface area (TPSA) is 92.4 Å². The van der Waals surface area contributed by atoms with Crippen LogP contribution >= 0.6 is 0 Å². The highest BCUT2D eigenvalue weighted by atomic mass is 16.4. The molecule has 0 aliphatic heterocycles. The van der Waals surface area contributed by atoms with Crippen LogP contribution in [0.15, 0.2) is 0 Å². The van der Waals surface area contributed by atoms with E-state index in [2.05, 4.69) is 26.1 Å². The minimum Gasteiger partial charge on any atom is -0.481 e. The summed E-state index contributed by atoms with van der Waals surface area (Å²) in [4.78, 5) is 23.0. The van der Waals surface area contributed by atoms with Crippen LogP contribution in [0.2, 0.25) is 0 Å². The van der Waals surface area contributed by atoms with Crippen LogP contribution in [-0.4, -0.2) is 30.1 Å². The second-order valence-electron chi connectivity index (χ2n) is 7.02. The molecule has 4 atom stereocenters. The van der Waals surface area contributed by atoms with E-state index in [4.69, 9.17) is 10.8 Å². The van der Waals surface area contributed by atoms with Crippen molar-refractivity contribution in [3.05, 3.63) is 0 Å². The SMILES string of the molecule is CCCCC(C)C(C)C(CNC(=O)CCC(C)CN)CC(=O)O. The zero-order chi connectivity index (χ0) is 17.8. The summed E-state index contributed by atoms with van der Waals surface area (Å²) in [5.74, 6) is 0.262. The Morgan fingerprint density at radius 2 is 1.83 bits per heavy atom. The minimum atomic E-state index is -0.796. The van der Waals surface area contributed by atoms with Gasteiger partial charge in [0.2, 0.25) is 5.91 Å². The van der Waals surface area contributed by atoms with E-state index in [1.54, 1.807) is 0 Å². The zero-order valence-corrected chi connectivity index (χ0v) is 15.3. The molecule has 0 aliphatic rings. The van der Waals surface area contributed by atoms with Gasteiger partial charge in [-0.05, 0) is 36.6 Å². The summed E-state index contributed by atoms with van der Waals surface area (Å²) >= 11 is 0. The summed E-state index contributed by atoms with van der Waals surface area (Å²) in [6, 6.07) is 0. The lowest BCUT2D eigenvalue weighted by Crippen LogP contribution is -2.35. The Bertz CT molecular complexity index is 347. The van der Waals surface area contributed by atoms with Crippen molar-refractivity contribution >= 4 is 11.9 Å². The maximum absolute atomic E-state index is 11.9. The van der Waals surface area contributed by atoms with Gasteiger partial charge in [0.05, 0.1) is 6.42 Å². The van der Waals surface area contributed by atoms with Gasteiger partial charge in [-0.15, -0.1) is 0 Å². The summed E-state index contributed by atoms with van der Waals surface area (Å²) < 4.78 is 0. The number of nitrogens with two attached hydrogens (primary N) is 1. The molecule has 23 heavy (non-hydrogen) atoms. The number of unbranched alkanes of at least 4 members (excludes halogenated alkanes) is 1. The smallest absolute Gasteiger partial charge is 0.303 e. The number of amides is 1. The largest absolute Gasteiger partial charge is 0.481 e. The summed E-state index contributed by atoms with van der Waals surface area (Å²) in [5, 5.41) is 12.1. The Labute approximate surface area is 141 Å². The Morgan fingerprint density at radius 3 is 2.35 bits per heavy atom. The minimum absolute atomic E-state index is 0.00546. The molecule has 0 spiro atoms. The molecular weight excluding hydrogens is 292 g/mol. The number of hydrogen-bond acceptors (Lipinski definition) is 3. The van der Waals surface area contributed by atoms with Crippen molar-refractivity contribution in [3.63, 3.8) is 0 Å². The molecule has 5 nitrogen and oxygen atoms in total. The highest BCUT2D eigenvalue weighted by Crippen LogP contribution is 2.27. The number of carbonyl (C=O) groups excluding carboxylic acids is 1. The third-order valence-corrected chi connectivity index (χ3v) is 4.92. The van der Waals surface area contributed by atoms with E-state index in [0.717, 1.165) is 25.7 Å². The molecule has 0 aliphatic carbocycles. The quantitative estimate of drug-likeness (QED) is 0.484. The lowest BCUT2D eigenvalue weighted by atomic mass is 9.79. The normalized spacial score (nSPS) is 16.4. The highest BCUT2D eigenvalue weighted by molar-refractivity contribution is 5.76. The molecule has 136 valence electrons. The van der Waals surface area contributed by atoms with E-state index < -0.39 is 5.97 Å². The van der Waals surface area contributed by atoms with Gasteiger partial charge < -0.3 is 16.2 Å². The summed E-state index contributed by atoms with van der Waals surface area (Å²) in [7, 11) is 0. The standard InChI is InChI=1S/C18H36N2O3/c1-5-6-7-14(3)15(4)16(10-18(22)23)12-20-17(21)9-8-13(2)11-19/h13-16H,5-12,19H2,1-4H3,(H,20,21)(H,22,23). The molecule has 0 saturated carbocycles. The molecule has 0 aromatic carbocycles. The maximum atomic E-state index is 11.9. The van der Waals surface area contributed by atoms with Crippen molar-refractivity contribution in [2.24, 2.45) is 29.4 Å². The molecule has 4 N–H and O–H groups in total. The van der Waals surface area contributed by atoms with Gasteiger partial charge in [0.1, 0.15) is 0 Å². The van der Waals surface area contributed by atoms with Crippen LogP contribution in [0.4, 0.5) is 0 Å². The van der Waals surface area contributed by atoms with Crippen LogP contribution in [0.1, 0.15) is 66.2 Å². The van der Waals surface area contributed by atoms with Gasteiger partial charge >= 0.3 is 5.97 Å². The lowest BCUT2D eigenvalue weighted by molar-refractivity contribution is -0.139. The van der Waals surface area contributed by atoms with E-state index >= 15 is 0 Å². The van der Waals surface area contributed by atoms with Crippen molar-refractivity contribution in [3.8, 4) is 0 Å². The number of aliphatic carboxylic acids is 1. The van der Waals surface area contributed by atoms with Gasteiger partial charge in [-0.25, -0.2) is 0 Å². The van der Waals surface area contributed by atoms with Crippen molar-refractivity contribution in [2.45, 2.75) is 66.2 Å². The van der Waals surface area contributed by atoms with Gasteiger partial charge in [-0.1, -0.05) is 47.0 Å². The molecular formula is C18H36N2O3. The third kappa shape index (κ3) is 10.3. The van der Waals surface area contributed by atoms with E-state index in [1.165, 1.54) is 0 Å². The third-order valence-electron chi connectivity index (χ3n) is 4.92. The maximum Gasteiger partial charge on any atom is 0.303 e. The first-order valence-corrected chi connectivity index (χ1v) is 9.00. The highest BCUT2D eigenvalue weighted by Gasteiger charge is 2.25. The van der Waals surface area contributed by atoms with E-state index in [1.807, 2.05) is 6.92 Å². The van der Waals surface area contributed by atoms with Crippen LogP contribution in [0.3, 0.4) is 0 Å². The number of carboxylic acid groups (broad SMARTS) is 1. The van der Waals surface area contributed by atoms with Crippen LogP contribution < -0.4 is 11.1 Å². The van der Waals surface area contributed by atoms with Gasteiger partial charge in [0.25, 0.3) is 0 Å². The molecule has 0 heterocycles. The van der Waals surface area contributed by atoms with E-state index in [9.17, 15) is 9.59 Å². The number of nitrogens with one attached hydrogen (secondary N) is 1. The van der Waals surface area contributed by atoms with Crippen LogP contribution in [0.5, 0.6) is 0 Å². The van der Waals surface area contributed by atoms with Crippen molar-refractivity contribution in [2.75, 3.05) is 13.1 Å². The summed E-state index contributed by atoms with van der Waals surface area (Å²) in [5.41, 5.74) is 5.55. The summed E-state index contributed by atoms with van der Waals surface area (Å²) in [6.07, 6.45) is 4.75. The molecule has 0 aromatic heterocycles. The van der Waals surface area contributed by atoms with Crippen molar-refractivity contribution < 1.29 is 14.7 Å². The average molecular weight is 328 g/mol. The molecule has 0 aromatic rings.